The van der Waals surface area contributed by atoms with Gasteiger partial charge in [-0.1, -0.05) is 54.6 Å². The van der Waals surface area contributed by atoms with Gasteiger partial charge in [0.25, 0.3) is 0 Å². The summed E-state index contributed by atoms with van der Waals surface area (Å²) in [5.41, 5.74) is 1.48. The summed E-state index contributed by atoms with van der Waals surface area (Å²) in [5.74, 6) is -0.257. The summed E-state index contributed by atoms with van der Waals surface area (Å²) in [6.45, 7) is 0.0852. The van der Waals surface area contributed by atoms with Gasteiger partial charge in [0.15, 0.2) is 0 Å². The van der Waals surface area contributed by atoms with Crippen LogP contribution in [0.1, 0.15) is 5.56 Å². The molecule has 0 aromatic heterocycles. The largest absolute Gasteiger partial charge is 0.488 e. The third kappa shape index (κ3) is 2.98. The van der Waals surface area contributed by atoms with Crippen molar-refractivity contribution in [3.63, 3.8) is 0 Å². The summed E-state index contributed by atoms with van der Waals surface area (Å²) < 4.78 is 33.2. The van der Waals surface area contributed by atoms with Crippen LogP contribution in [-0.4, -0.2) is 0 Å². The van der Waals surface area contributed by atoms with Gasteiger partial charge in [0.1, 0.15) is 24.0 Å². The maximum absolute atomic E-state index is 13.9. The van der Waals surface area contributed by atoms with Crippen molar-refractivity contribution in [1.29, 1.82) is 0 Å². The molecule has 22 heavy (non-hydrogen) atoms. The fraction of sp³-hybridized carbons (Fsp3) is 0.0526. The summed E-state index contributed by atoms with van der Waals surface area (Å²) >= 11 is 0. The Morgan fingerprint density at radius 1 is 0.818 bits per heavy atom. The molecular weight excluding hydrogens is 282 g/mol. The first-order valence-electron chi connectivity index (χ1n) is 6.87. The van der Waals surface area contributed by atoms with E-state index in [9.17, 15) is 8.78 Å². The van der Waals surface area contributed by atoms with E-state index in [1.807, 2.05) is 0 Å². The second kappa shape index (κ2) is 6.39. The van der Waals surface area contributed by atoms with Gasteiger partial charge in [0.2, 0.25) is 0 Å². The van der Waals surface area contributed by atoms with Crippen molar-refractivity contribution in [1.82, 2.24) is 0 Å². The molecule has 0 aliphatic carbocycles. The first-order valence-corrected chi connectivity index (χ1v) is 6.87. The molecule has 0 saturated heterocycles. The van der Waals surface area contributed by atoms with Gasteiger partial charge in [-0.2, -0.15) is 0 Å². The van der Waals surface area contributed by atoms with Crippen LogP contribution in [0.2, 0.25) is 0 Å². The molecule has 0 atom stereocenters. The summed E-state index contributed by atoms with van der Waals surface area (Å²) in [7, 11) is 0. The van der Waals surface area contributed by atoms with Gasteiger partial charge < -0.3 is 4.74 Å². The van der Waals surface area contributed by atoms with Crippen LogP contribution in [0, 0.1) is 17.7 Å². The number of halogens is 2. The molecule has 0 fully saturated rings. The lowest BCUT2D eigenvalue weighted by Gasteiger charge is -2.12. The van der Waals surface area contributed by atoms with Crippen molar-refractivity contribution >= 4 is 0 Å². The Labute approximate surface area is 127 Å². The van der Waals surface area contributed by atoms with Gasteiger partial charge in [-0.25, -0.2) is 8.78 Å². The van der Waals surface area contributed by atoms with E-state index in [1.54, 1.807) is 54.6 Å². The lowest BCUT2D eigenvalue weighted by molar-refractivity contribution is 0.301. The van der Waals surface area contributed by atoms with Crippen LogP contribution in [0.25, 0.3) is 11.1 Å². The highest BCUT2D eigenvalue weighted by atomic mass is 19.1. The van der Waals surface area contributed by atoms with Crippen LogP contribution in [-0.2, 0) is 6.61 Å². The molecule has 0 bridgehead atoms. The van der Waals surface area contributed by atoms with Crippen LogP contribution >= 0.6 is 0 Å². The van der Waals surface area contributed by atoms with Crippen molar-refractivity contribution in [2.24, 2.45) is 0 Å². The Morgan fingerprint density at radius 2 is 1.55 bits per heavy atom. The molecule has 0 amide bonds. The molecule has 3 aromatic carbocycles. The quantitative estimate of drug-likeness (QED) is 0.657. The molecule has 0 heterocycles. The summed E-state index contributed by atoms with van der Waals surface area (Å²) in [4.78, 5) is 0. The SMILES string of the molecule is Fc1[c]cccc1-c1ccccc1OCc1ccccc1F. The second-order valence-electron chi connectivity index (χ2n) is 4.77. The van der Waals surface area contributed by atoms with Crippen LogP contribution in [0.15, 0.2) is 66.7 Å². The maximum atomic E-state index is 13.9. The predicted molar refractivity (Wildman–Crippen MR) is 81.4 cm³/mol. The van der Waals surface area contributed by atoms with E-state index in [-0.39, 0.29) is 12.4 Å². The van der Waals surface area contributed by atoms with Crippen molar-refractivity contribution < 1.29 is 13.5 Å². The highest BCUT2D eigenvalue weighted by molar-refractivity contribution is 5.70. The van der Waals surface area contributed by atoms with Gasteiger partial charge in [0.05, 0.1) is 0 Å². The summed E-state index contributed by atoms with van der Waals surface area (Å²) in [6, 6.07) is 20.9. The van der Waals surface area contributed by atoms with Crippen molar-refractivity contribution in [3.8, 4) is 16.9 Å². The maximum Gasteiger partial charge on any atom is 0.139 e. The van der Waals surface area contributed by atoms with Gasteiger partial charge in [-0.05, 0) is 12.1 Å². The second-order valence-corrected chi connectivity index (χ2v) is 4.77. The fourth-order valence-electron chi connectivity index (χ4n) is 2.21. The molecule has 0 spiro atoms. The number of hydrogen-bond donors (Lipinski definition) is 0. The first kappa shape index (κ1) is 14.3. The molecule has 0 saturated carbocycles. The molecule has 0 unspecified atom stereocenters. The number of ether oxygens (including phenoxy) is 1. The zero-order chi connectivity index (χ0) is 15.4. The summed E-state index contributed by atoms with van der Waals surface area (Å²) in [5, 5.41) is 0. The summed E-state index contributed by atoms with van der Waals surface area (Å²) in [6.07, 6.45) is 0. The van der Waals surface area contributed by atoms with E-state index in [4.69, 9.17) is 4.74 Å². The zero-order valence-corrected chi connectivity index (χ0v) is 11.7. The van der Waals surface area contributed by atoms with E-state index in [2.05, 4.69) is 6.07 Å². The Bertz CT molecular complexity index is 784. The lowest BCUT2D eigenvalue weighted by Crippen LogP contribution is -1.99. The van der Waals surface area contributed by atoms with Crippen molar-refractivity contribution in [2.75, 3.05) is 0 Å². The number of hydrogen-bond acceptors (Lipinski definition) is 1. The predicted octanol–water partition coefficient (Wildman–Crippen LogP) is 5.01. The van der Waals surface area contributed by atoms with Crippen molar-refractivity contribution in [2.45, 2.75) is 6.61 Å². The van der Waals surface area contributed by atoms with E-state index < -0.39 is 5.82 Å². The first-order chi connectivity index (χ1) is 10.8. The van der Waals surface area contributed by atoms with Gasteiger partial charge >= 0.3 is 0 Å². The molecule has 1 nitrogen and oxygen atoms in total. The molecule has 3 rings (SSSR count). The molecule has 109 valence electrons. The Morgan fingerprint density at radius 3 is 2.36 bits per heavy atom. The minimum absolute atomic E-state index is 0.0852. The van der Waals surface area contributed by atoms with E-state index in [0.29, 0.717) is 22.4 Å². The highest BCUT2D eigenvalue weighted by Gasteiger charge is 2.11. The third-order valence-electron chi connectivity index (χ3n) is 3.32. The zero-order valence-electron chi connectivity index (χ0n) is 11.7. The smallest absolute Gasteiger partial charge is 0.139 e. The monoisotopic (exact) mass is 295 g/mol. The van der Waals surface area contributed by atoms with Crippen molar-refractivity contribution in [3.05, 3.63) is 90.0 Å². The minimum atomic E-state index is -0.440. The Balaban J connectivity index is 1.89. The fourth-order valence-corrected chi connectivity index (χ4v) is 2.21. The van der Waals surface area contributed by atoms with Crippen LogP contribution in [0.5, 0.6) is 5.75 Å². The molecule has 0 aliphatic heterocycles. The molecule has 0 N–H and O–H groups in total. The number of rotatable bonds is 4. The van der Waals surface area contributed by atoms with Gasteiger partial charge in [-0.3, -0.25) is 0 Å². The Hall–Kier alpha value is -2.68. The third-order valence-corrected chi connectivity index (χ3v) is 3.32. The van der Waals surface area contributed by atoms with Gasteiger partial charge in [-0.15, -0.1) is 0 Å². The number of benzene rings is 3. The minimum Gasteiger partial charge on any atom is -0.488 e. The van der Waals surface area contributed by atoms with Crippen LogP contribution in [0.3, 0.4) is 0 Å². The average molecular weight is 295 g/mol. The van der Waals surface area contributed by atoms with Crippen LogP contribution in [0.4, 0.5) is 8.78 Å². The highest BCUT2D eigenvalue weighted by Crippen LogP contribution is 2.32. The van der Waals surface area contributed by atoms with Gasteiger partial charge in [0, 0.05) is 22.8 Å². The molecular formula is C19H13F2O. The Kier molecular flexibility index (Phi) is 4.15. The molecule has 3 heteroatoms. The molecule has 1 radical (unpaired) electrons. The average Bonchev–Trinajstić information content (AvgIpc) is 2.55. The molecule has 0 aliphatic rings. The van der Waals surface area contributed by atoms with E-state index in [1.165, 1.54) is 12.1 Å². The van der Waals surface area contributed by atoms with E-state index >= 15 is 0 Å². The van der Waals surface area contributed by atoms with E-state index in [0.717, 1.165) is 0 Å². The lowest BCUT2D eigenvalue weighted by atomic mass is 10.0. The molecule has 3 aromatic rings. The number of para-hydroxylation sites is 1. The topological polar surface area (TPSA) is 9.23 Å². The van der Waals surface area contributed by atoms with Crippen LogP contribution < -0.4 is 4.74 Å². The normalized spacial score (nSPS) is 10.5. The standard InChI is InChI=1S/C19H13F2O/c20-17-10-4-1-7-14(17)13-22-19-12-6-3-9-16(19)15-8-2-5-11-18(15)21/h1-10,12H,13H2.